The minimum absolute atomic E-state index is 0.0131. The topological polar surface area (TPSA) is 77.2 Å². The molecule has 0 aromatic heterocycles. The zero-order chi connectivity index (χ0) is 12.7. The van der Waals surface area contributed by atoms with Crippen molar-refractivity contribution < 1.29 is 13.2 Å². The van der Waals surface area contributed by atoms with E-state index in [4.69, 9.17) is 5.73 Å². The van der Waals surface area contributed by atoms with Crippen LogP contribution in [0.4, 0.5) is 0 Å². The molecule has 5 heteroatoms. The van der Waals surface area contributed by atoms with Gasteiger partial charge in [0.1, 0.15) is 0 Å². The second kappa shape index (κ2) is 3.84. The molecule has 0 aliphatic carbocycles. The van der Waals surface area contributed by atoms with Gasteiger partial charge in [-0.15, -0.1) is 0 Å². The fraction of sp³-hybridized carbons (Fsp3) is 0.417. The molecule has 1 aliphatic rings. The summed E-state index contributed by atoms with van der Waals surface area (Å²) in [5, 5.41) is 0. The highest BCUT2D eigenvalue weighted by Gasteiger charge is 2.52. The lowest BCUT2D eigenvalue weighted by Crippen LogP contribution is -2.51. The first-order valence-corrected chi connectivity index (χ1v) is 7.21. The molecule has 0 bridgehead atoms. The Labute approximate surface area is 101 Å². The summed E-state index contributed by atoms with van der Waals surface area (Å²) in [5.41, 5.74) is 6.85. The van der Waals surface area contributed by atoms with Gasteiger partial charge in [-0.25, -0.2) is 8.42 Å². The molecule has 1 heterocycles. The molecule has 1 aromatic carbocycles. The molecule has 2 N–H and O–H groups in total. The van der Waals surface area contributed by atoms with Crippen molar-refractivity contribution in [2.45, 2.75) is 24.5 Å². The van der Waals surface area contributed by atoms with Crippen molar-refractivity contribution in [3.63, 3.8) is 0 Å². The zero-order valence-corrected chi connectivity index (χ0v) is 10.5. The average Bonchev–Trinajstić information content (AvgIpc) is 2.28. The van der Waals surface area contributed by atoms with Gasteiger partial charge in [-0.3, -0.25) is 4.79 Å². The number of carbonyl (C=O) groups excluding carboxylic acids is 1. The van der Waals surface area contributed by atoms with Crippen LogP contribution in [0.2, 0.25) is 0 Å². The molecule has 0 saturated heterocycles. The van der Waals surface area contributed by atoms with Gasteiger partial charge in [0.05, 0.1) is 5.75 Å². The van der Waals surface area contributed by atoms with Crippen molar-refractivity contribution in [1.29, 1.82) is 0 Å². The van der Waals surface area contributed by atoms with Crippen LogP contribution < -0.4 is 5.73 Å². The lowest BCUT2D eigenvalue weighted by atomic mass is 9.89. The first-order valence-electron chi connectivity index (χ1n) is 5.56. The summed E-state index contributed by atoms with van der Waals surface area (Å²) in [6.07, 6.45) is 0.634. The second-order valence-corrected chi connectivity index (χ2v) is 6.61. The van der Waals surface area contributed by atoms with Gasteiger partial charge in [0.25, 0.3) is 0 Å². The van der Waals surface area contributed by atoms with Gasteiger partial charge in [0.15, 0.2) is 14.6 Å². The number of rotatable bonds is 2. The van der Waals surface area contributed by atoms with Gasteiger partial charge in [-0.1, -0.05) is 31.2 Å². The summed E-state index contributed by atoms with van der Waals surface area (Å²) >= 11 is 0. The molecule has 0 spiro atoms. The zero-order valence-electron chi connectivity index (χ0n) is 9.64. The summed E-state index contributed by atoms with van der Waals surface area (Å²) in [6, 6.07) is 7.14. The van der Waals surface area contributed by atoms with Gasteiger partial charge in [-0.05, 0) is 24.0 Å². The minimum Gasteiger partial charge on any atom is -0.368 e. The van der Waals surface area contributed by atoms with Crippen LogP contribution in [0.25, 0.3) is 0 Å². The van der Waals surface area contributed by atoms with E-state index in [0.717, 1.165) is 5.56 Å². The van der Waals surface area contributed by atoms with Crippen molar-refractivity contribution >= 4 is 15.7 Å². The number of primary amides is 1. The highest BCUT2D eigenvalue weighted by atomic mass is 32.2. The number of amides is 1. The number of carbonyl (C=O) groups is 1. The molecule has 0 radical (unpaired) electrons. The van der Waals surface area contributed by atoms with E-state index in [0.29, 0.717) is 12.0 Å². The van der Waals surface area contributed by atoms with Gasteiger partial charge in [0.2, 0.25) is 5.91 Å². The van der Waals surface area contributed by atoms with Gasteiger partial charge < -0.3 is 5.73 Å². The third-order valence-electron chi connectivity index (χ3n) is 3.52. The van der Waals surface area contributed by atoms with E-state index in [1.165, 1.54) is 0 Å². The molecule has 0 fully saturated rings. The summed E-state index contributed by atoms with van der Waals surface area (Å²) < 4.78 is 22.9. The monoisotopic (exact) mass is 253 g/mol. The summed E-state index contributed by atoms with van der Waals surface area (Å²) in [5.74, 6) is -0.784. The fourth-order valence-electron chi connectivity index (χ4n) is 2.59. The third kappa shape index (κ3) is 1.49. The van der Waals surface area contributed by atoms with Gasteiger partial charge in [0, 0.05) is 0 Å². The molecule has 1 aliphatic heterocycles. The maximum Gasteiger partial charge on any atom is 0.243 e. The number of nitrogens with two attached hydrogens (primary N) is 1. The lowest BCUT2D eigenvalue weighted by molar-refractivity contribution is -0.120. The molecule has 1 unspecified atom stereocenters. The highest BCUT2D eigenvalue weighted by Crippen LogP contribution is 2.40. The van der Waals surface area contributed by atoms with Crippen molar-refractivity contribution in [2.24, 2.45) is 5.73 Å². The molecule has 4 nitrogen and oxygen atoms in total. The molecule has 92 valence electrons. The average molecular weight is 253 g/mol. The van der Waals surface area contributed by atoms with E-state index >= 15 is 0 Å². The number of sulfone groups is 1. The summed E-state index contributed by atoms with van der Waals surface area (Å²) in [4.78, 5) is 11.7. The number of fused-ring (bicyclic) bond motifs is 1. The first-order chi connectivity index (χ1) is 7.95. The van der Waals surface area contributed by atoms with Crippen LogP contribution in [-0.4, -0.2) is 20.1 Å². The van der Waals surface area contributed by atoms with Crippen LogP contribution in [0.1, 0.15) is 24.5 Å². The molecule has 2 rings (SSSR count). The van der Waals surface area contributed by atoms with Crippen molar-refractivity contribution in [2.75, 3.05) is 5.75 Å². The van der Waals surface area contributed by atoms with E-state index in [1.54, 1.807) is 19.1 Å². The Kier molecular flexibility index (Phi) is 2.73. The van der Waals surface area contributed by atoms with Crippen LogP contribution in [0.5, 0.6) is 0 Å². The molecule has 17 heavy (non-hydrogen) atoms. The number of hydrogen-bond acceptors (Lipinski definition) is 3. The second-order valence-electron chi connectivity index (χ2n) is 4.27. The van der Waals surface area contributed by atoms with Crippen molar-refractivity contribution in [1.82, 2.24) is 0 Å². The highest BCUT2D eigenvalue weighted by molar-refractivity contribution is 7.93. The fourth-order valence-corrected chi connectivity index (χ4v) is 4.71. The van der Waals surface area contributed by atoms with Crippen LogP contribution >= 0.6 is 0 Å². The van der Waals surface area contributed by atoms with E-state index < -0.39 is 20.5 Å². The van der Waals surface area contributed by atoms with Gasteiger partial charge in [-0.2, -0.15) is 0 Å². The molecular formula is C12H15NO3S. The number of aryl methyl sites for hydroxylation is 1. The predicted octanol–water partition coefficient (Wildman–Crippen LogP) is 0.748. The maximum absolute atomic E-state index is 12.2. The Morgan fingerprint density at radius 1 is 1.41 bits per heavy atom. The molecule has 1 aromatic rings. The van der Waals surface area contributed by atoms with E-state index in [9.17, 15) is 13.2 Å². The van der Waals surface area contributed by atoms with Gasteiger partial charge >= 0.3 is 0 Å². The molecule has 0 saturated carbocycles. The SMILES string of the molecule is CCC1(C(N)=O)c2ccccc2CCS1(=O)=O. The first kappa shape index (κ1) is 12.1. The summed E-state index contributed by atoms with van der Waals surface area (Å²) in [7, 11) is -3.52. The minimum atomic E-state index is -3.52. The van der Waals surface area contributed by atoms with Crippen molar-refractivity contribution in [3.05, 3.63) is 35.4 Å². The van der Waals surface area contributed by atoms with Crippen LogP contribution in [0, 0.1) is 0 Å². The Morgan fingerprint density at radius 2 is 2.06 bits per heavy atom. The normalized spacial score (nSPS) is 26.2. The van der Waals surface area contributed by atoms with Crippen LogP contribution in [0.3, 0.4) is 0 Å². The maximum atomic E-state index is 12.2. The lowest BCUT2D eigenvalue weighted by Gasteiger charge is -2.35. The standard InChI is InChI=1S/C12H15NO3S/c1-2-12(11(13)14)10-6-4-3-5-9(10)7-8-17(12,15)16/h3-6H,2,7-8H2,1H3,(H2,13,14). The molecule has 1 amide bonds. The number of benzene rings is 1. The van der Waals surface area contributed by atoms with E-state index in [2.05, 4.69) is 0 Å². The van der Waals surface area contributed by atoms with Crippen molar-refractivity contribution in [3.8, 4) is 0 Å². The quantitative estimate of drug-likeness (QED) is 0.844. The predicted molar refractivity (Wildman–Crippen MR) is 65.1 cm³/mol. The Morgan fingerprint density at radius 3 is 2.65 bits per heavy atom. The largest absolute Gasteiger partial charge is 0.368 e. The Hall–Kier alpha value is -1.36. The van der Waals surface area contributed by atoms with E-state index in [1.807, 2.05) is 12.1 Å². The summed E-state index contributed by atoms with van der Waals surface area (Å²) in [6.45, 7) is 1.68. The van der Waals surface area contributed by atoms with Crippen LogP contribution in [0.15, 0.2) is 24.3 Å². The van der Waals surface area contributed by atoms with Crippen LogP contribution in [-0.2, 0) is 25.8 Å². The molecular weight excluding hydrogens is 238 g/mol. The molecule has 1 atom stereocenters. The Balaban J connectivity index is 2.81. The third-order valence-corrected chi connectivity index (χ3v) is 6.03. The van der Waals surface area contributed by atoms with E-state index in [-0.39, 0.29) is 12.2 Å². The Bertz CT molecular complexity index is 565. The smallest absolute Gasteiger partial charge is 0.243 e. The number of hydrogen-bond donors (Lipinski definition) is 1.